The number of allylic oxidation sites excluding steroid dienone is 2. The summed E-state index contributed by atoms with van der Waals surface area (Å²) in [4.78, 5) is 26.6. The highest BCUT2D eigenvalue weighted by Gasteiger charge is 2.24. The highest BCUT2D eigenvalue weighted by atomic mass is 35.5. The molecule has 3 aromatic heterocycles. The molecule has 0 saturated carbocycles. The van der Waals surface area contributed by atoms with Gasteiger partial charge < -0.3 is 0 Å². The first kappa shape index (κ1) is 21.7. The van der Waals surface area contributed by atoms with Gasteiger partial charge in [0.05, 0.1) is 23.8 Å². The Labute approximate surface area is 206 Å². The summed E-state index contributed by atoms with van der Waals surface area (Å²) in [6.45, 7) is 0.624. The second kappa shape index (κ2) is 9.07. The Morgan fingerprint density at radius 3 is 2.63 bits per heavy atom. The van der Waals surface area contributed by atoms with Crippen LogP contribution in [0.4, 0.5) is 0 Å². The number of para-hydroxylation sites is 2. The minimum absolute atomic E-state index is 0.0924. The molecule has 0 radical (unpaired) electrons. The molecule has 0 saturated heterocycles. The minimum atomic E-state index is -0.0924. The molecule has 35 heavy (non-hydrogen) atoms. The average molecular weight is 484 g/mol. The molecule has 5 aromatic rings. The lowest BCUT2D eigenvalue weighted by Gasteiger charge is -2.11. The van der Waals surface area contributed by atoms with Gasteiger partial charge in [-0.2, -0.15) is 0 Å². The van der Waals surface area contributed by atoms with Crippen molar-refractivity contribution in [3.05, 3.63) is 87.4 Å². The van der Waals surface area contributed by atoms with E-state index in [2.05, 4.69) is 16.2 Å². The molecule has 174 valence electrons. The summed E-state index contributed by atoms with van der Waals surface area (Å²) in [5.74, 6) is 0. The maximum absolute atomic E-state index is 13.7. The van der Waals surface area contributed by atoms with Gasteiger partial charge in [-0.05, 0) is 61.9 Å². The Kier molecular flexibility index (Phi) is 5.62. The molecule has 0 bridgehead atoms. The predicted octanol–water partition coefficient (Wildman–Crippen LogP) is 5.14. The van der Waals surface area contributed by atoms with Crippen LogP contribution in [0, 0.1) is 0 Å². The molecule has 0 atom stereocenters. The Balaban J connectivity index is 1.51. The van der Waals surface area contributed by atoms with E-state index >= 15 is 0 Å². The zero-order valence-electron chi connectivity index (χ0n) is 19.1. The summed E-state index contributed by atoms with van der Waals surface area (Å²) in [5, 5.41) is 5.83. The highest BCUT2D eigenvalue weighted by Crippen LogP contribution is 2.24. The smallest absolute Gasteiger partial charge is 0.250 e. The lowest BCUT2D eigenvalue weighted by molar-refractivity contribution is -0.357. The molecule has 2 aromatic carbocycles. The number of nitrogens with zero attached hydrogens (tertiary/aromatic N) is 5. The van der Waals surface area contributed by atoms with Gasteiger partial charge in [-0.15, -0.1) is 9.78 Å². The molecule has 7 nitrogen and oxygen atoms in total. The fraction of sp³-hybridized carbons (Fsp3) is 0.222. The zero-order valence-corrected chi connectivity index (χ0v) is 19.9. The van der Waals surface area contributed by atoms with E-state index in [0.29, 0.717) is 33.8 Å². The van der Waals surface area contributed by atoms with E-state index in [1.807, 2.05) is 48.5 Å². The number of aryl methyl sites for hydroxylation is 1. The maximum Gasteiger partial charge on any atom is 0.322 e. The summed E-state index contributed by atoms with van der Waals surface area (Å²) in [6, 6.07) is 15.1. The van der Waals surface area contributed by atoms with E-state index in [0.717, 1.165) is 35.9 Å². The summed E-state index contributed by atoms with van der Waals surface area (Å²) in [5.41, 5.74) is 5.35. The number of halogens is 1. The SMILES string of the molecule is O=c1c2c3nc4ccccc4nc3n(/N=C/c3ccc(Cl)cc3)c2[nH+]cn1CCC1=CCCCC1. The largest absolute Gasteiger partial charge is 0.322 e. The van der Waals surface area contributed by atoms with Crippen LogP contribution in [0.25, 0.3) is 33.2 Å². The standard InChI is InChI=1S/C27H23ClN6O/c28-20-12-10-19(11-13-20)16-30-34-25-23(24-26(34)32-22-9-5-4-8-21(22)31-24)27(35)33(17-29-25)15-14-18-6-2-1-3-7-18/h4-6,8-13,16-17H,1-3,7,14-15H2/p+1/b30-16+. The molecule has 8 heteroatoms. The molecule has 6 rings (SSSR count). The molecule has 0 unspecified atom stereocenters. The Bertz CT molecular complexity index is 1680. The molecular formula is C27H24ClN6O+. The van der Waals surface area contributed by atoms with Crippen LogP contribution in [0.1, 0.15) is 37.7 Å². The lowest BCUT2D eigenvalue weighted by Crippen LogP contribution is -2.27. The highest BCUT2D eigenvalue weighted by molar-refractivity contribution is 6.30. The van der Waals surface area contributed by atoms with Crippen molar-refractivity contribution in [3.8, 4) is 0 Å². The number of benzene rings is 2. The second-order valence-corrected chi connectivity index (χ2v) is 9.28. The first-order valence-electron chi connectivity index (χ1n) is 11.9. The van der Waals surface area contributed by atoms with Crippen LogP contribution in [-0.2, 0) is 6.54 Å². The van der Waals surface area contributed by atoms with Gasteiger partial charge in [-0.3, -0.25) is 0 Å². The number of nitrogens with one attached hydrogen (secondary N) is 1. The van der Waals surface area contributed by atoms with Gasteiger partial charge in [0, 0.05) is 5.02 Å². The topological polar surface area (TPSA) is 79.2 Å². The van der Waals surface area contributed by atoms with Crippen molar-refractivity contribution >= 4 is 51.0 Å². The van der Waals surface area contributed by atoms with Crippen molar-refractivity contribution < 1.29 is 4.98 Å². The van der Waals surface area contributed by atoms with E-state index in [-0.39, 0.29) is 5.56 Å². The molecule has 0 fully saturated rings. The van der Waals surface area contributed by atoms with Gasteiger partial charge in [0.1, 0.15) is 5.52 Å². The van der Waals surface area contributed by atoms with Crippen molar-refractivity contribution in [1.82, 2.24) is 19.2 Å². The Morgan fingerprint density at radius 1 is 1.06 bits per heavy atom. The van der Waals surface area contributed by atoms with Gasteiger partial charge in [0.2, 0.25) is 5.65 Å². The van der Waals surface area contributed by atoms with Crippen LogP contribution in [0.5, 0.6) is 0 Å². The van der Waals surface area contributed by atoms with Gasteiger partial charge in [0.15, 0.2) is 11.7 Å². The quantitative estimate of drug-likeness (QED) is 0.256. The van der Waals surface area contributed by atoms with E-state index in [1.54, 1.807) is 21.8 Å². The van der Waals surface area contributed by atoms with E-state index in [4.69, 9.17) is 21.6 Å². The average Bonchev–Trinajstić information content (AvgIpc) is 3.20. The first-order chi connectivity index (χ1) is 17.2. The molecule has 3 heterocycles. The number of hydrogen-bond acceptors (Lipinski definition) is 4. The lowest BCUT2D eigenvalue weighted by atomic mass is 9.97. The fourth-order valence-corrected chi connectivity index (χ4v) is 4.78. The van der Waals surface area contributed by atoms with Gasteiger partial charge in [0.25, 0.3) is 5.65 Å². The predicted molar refractivity (Wildman–Crippen MR) is 139 cm³/mol. The van der Waals surface area contributed by atoms with Crippen LogP contribution in [-0.4, -0.2) is 25.4 Å². The third kappa shape index (κ3) is 4.12. The second-order valence-electron chi connectivity index (χ2n) is 8.85. The summed E-state index contributed by atoms with van der Waals surface area (Å²) >= 11 is 6.02. The van der Waals surface area contributed by atoms with Crippen molar-refractivity contribution in [2.24, 2.45) is 5.10 Å². The summed E-state index contributed by atoms with van der Waals surface area (Å²) in [7, 11) is 0. The van der Waals surface area contributed by atoms with Crippen LogP contribution < -0.4 is 10.5 Å². The number of rotatable bonds is 5. The van der Waals surface area contributed by atoms with Crippen LogP contribution in [0.2, 0.25) is 5.02 Å². The van der Waals surface area contributed by atoms with Crippen molar-refractivity contribution in [3.63, 3.8) is 0 Å². The van der Waals surface area contributed by atoms with Gasteiger partial charge in [-0.25, -0.2) is 24.3 Å². The van der Waals surface area contributed by atoms with E-state index < -0.39 is 0 Å². The molecular weight excluding hydrogens is 460 g/mol. The molecule has 1 aliphatic rings. The fourth-order valence-electron chi connectivity index (χ4n) is 4.65. The van der Waals surface area contributed by atoms with Crippen LogP contribution >= 0.6 is 11.6 Å². The molecule has 1 N–H and O–H groups in total. The minimum Gasteiger partial charge on any atom is -0.250 e. The number of aromatic amines is 1. The molecule has 0 aliphatic heterocycles. The van der Waals surface area contributed by atoms with Crippen molar-refractivity contribution in [2.45, 2.75) is 38.6 Å². The van der Waals surface area contributed by atoms with Crippen molar-refractivity contribution in [1.29, 1.82) is 0 Å². The normalized spacial score (nSPS) is 14.4. The van der Waals surface area contributed by atoms with Gasteiger partial charge >= 0.3 is 5.56 Å². The third-order valence-corrected chi connectivity index (χ3v) is 6.77. The van der Waals surface area contributed by atoms with E-state index in [9.17, 15) is 4.79 Å². The number of fused-ring (bicyclic) bond motifs is 4. The van der Waals surface area contributed by atoms with Crippen molar-refractivity contribution in [2.75, 3.05) is 0 Å². The third-order valence-electron chi connectivity index (χ3n) is 6.52. The molecule has 0 amide bonds. The monoisotopic (exact) mass is 483 g/mol. The zero-order chi connectivity index (χ0) is 23.8. The van der Waals surface area contributed by atoms with Gasteiger partial charge in [-0.1, -0.05) is 47.5 Å². The first-order valence-corrected chi connectivity index (χ1v) is 12.2. The van der Waals surface area contributed by atoms with E-state index in [1.165, 1.54) is 18.4 Å². The maximum atomic E-state index is 13.7. The number of H-pyrrole nitrogens is 1. The Hall–Kier alpha value is -3.84. The van der Waals surface area contributed by atoms with Crippen LogP contribution in [0.15, 0.2) is 76.4 Å². The number of hydrogen-bond donors (Lipinski definition) is 0. The molecule has 1 aliphatic carbocycles. The summed E-state index contributed by atoms with van der Waals surface area (Å²) in [6.07, 6.45) is 11.4. The van der Waals surface area contributed by atoms with Crippen LogP contribution in [0.3, 0.4) is 0 Å². The Morgan fingerprint density at radius 2 is 1.86 bits per heavy atom. The number of aromatic nitrogens is 5. The molecule has 0 spiro atoms. The summed E-state index contributed by atoms with van der Waals surface area (Å²) < 4.78 is 3.40.